The summed E-state index contributed by atoms with van der Waals surface area (Å²) in [5.74, 6) is 0.143. The molecule has 0 aliphatic rings. The standard InChI is InChI=1S/C16H25NO5/c1-16(2,3)10-6-13(21-4)11(14(7-10)22-5)8-17-12(9-18)15(19)20/h6-7,12,17-18H,8-9H2,1-5H3,(H,19,20)/t12-/m1/s1. The minimum atomic E-state index is -1.10. The van der Waals surface area contributed by atoms with Crippen LogP contribution < -0.4 is 14.8 Å². The SMILES string of the molecule is COc1cc(C(C)(C)C)cc(OC)c1CN[C@H](CO)C(=O)O. The highest BCUT2D eigenvalue weighted by atomic mass is 16.5. The van der Waals surface area contributed by atoms with E-state index in [0.717, 1.165) is 11.1 Å². The first-order valence-electron chi connectivity index (χ1n) is 7.07. The lowest BCUT2D eigenvalue weighted by molar-refractivity contribution is -0.140. The number of carboxylic acid groups (broad SMARTS) is 1. The third-order valence-corrected chi connectivity index (χ3v) is 3.48. The van der Waals surface area contributed by atoms with Crippen LogP contribution in [0.25, 0.3) is 0 Å². The molecule has 0 aliphatic heterocycles. The minimum Gasteiger partial charge on any atom is -0.496 e. The highest BCUT2D eigenvalue weighted by Crippen LogP contribution is 2.35. The molecular formula is C16H25NO5. The predicted octanol–water partition coefficient (Wildman–Crippen LogP) is 1.54. The summed E-state index contributed by atoms with van der Waals surface area (Å²) < 4.78 is 10.8. The number of carbonyl (C=O) groups is 1. The Balaban J connectivity index is 3.15. The molecule has 0 amide bonds. The fourth-order valence-corrected chi connectivity index (χ4v) is 2.05. The van der Waals surface area contributed by atoms with Gasteiger partial charge in [0.05, 0.1) is 20.8 Å². The number of methoxy groups -OCH3 is 2. The topological polar surface area (TPSA) is 88.0 Å². The van der Waals surface area contributed by atoms with Crippen LogP contribution >= 0.6 is 0 Å². The van der Waals surface area contributed by atoms with Gasteiger partial charge in [0.15, 0.2) is 0 Å². The summed E-state index contributed by atoms with van der Waals surface area (Å²) in [7, 11) is 3.12. The van der Waals surface area contributed by atoms with Gasteiger partial charge in [-0.15, -0.1) is 0 Å². The highest BCUT2D eigenvalue weighted by molar-refractivity contribution is 5.73. The molecule has 1 rings (SSSR count). The molecule has 3 N–H and O–H groups in total. The Bertz CT molecular complexity index is 497. The number of carboxylic acids is 1. The van der Waals surface area contributed by atoms with Crippen LogP contribution in [0.5, 0.6) is 11.5 Å². The van der Waals surface area contributed by atoms with E-state index in [1.807, 2.05) is 12.1 Å². The zero-order valence-corrected chi connectivity index (χ0v) is 13.8. The van der Waals surface area contributed by atoms with Crippen LogP contribution in [0.2, 0.25) is 0 Å². The number of aliphatic hydroxyl groups excluding tert-OH is 1. The summed E-state index contributed by atoms with van der Waals surface area (Å²) in [6.45, 7) is 6.00. The molecule has 1 atom stereocenters. The molecule has 0 saturated carbocycles. The number of nitrogens with one attached hydrogen (secondary N) is 1. The fraction of sp³-hybridized carbons (Fsp3) is 0.562. The third-order valence-electron chi connectivity index (χ3n) is 3.48. The van der Waals surface area contributed by atoms with E-state index in [4.69, 9.17) is 19.7 Å². The second-order valence-electron chi connectivity index (χ2n) is 6.06. The van der Waals surface area contributed by atoms with E-state index >= 15 is 0 Å². The first-order valence-corrected chi connectivity index (χ1v) is 7.07. The third kappa shape index (κ3) is 4.35. The molecule has 124 valence electrons. The van der Waals surface area contributed by atoms with Gasteiger partial charge in [-0.1, -0.05) is 20.8 Å². The van der Waals surface area contributed by atoms with E-state index in [-0.39, 0.29) is 12.0 Å². The van der Waals surface area contributed by atoms with Crippen molar-refractivity contribution in [2.75, 3.05) is 20.8 Å². The summed E-state index contributed by atoms with van der Waals surface area (Å²) in [6, 6.07) is 2.82. The van der Waals surface area contributed by atoms with Crippen molar-refractivity contribution < 1.29 is 24.5 Å². The van der Waals surface area contributed by atoms with Gasteiger partial charge in [-0.05, 0) is 23.1 Å². The molecule has 0 radical (unpaired) electrons. The number of hydrogen-bond donors (Lipinski definition) is 3. The Morgan fingerprint density at radius 1 is 1.23 bits per heavy atom. The Labute approximate surface area is 131 Å². The summed E-state index contributed by atoms with van der Waals surface area (Å²) in [5.41, 5.74) is 1.71. The average molecular weight is 311 g/mol. The van der Waals surface area contributed by atoms with Gasteiger partial charge in [0.25, 0.3) is 0 Å². The van der Waals surface area contributed by atoms with Crippen molar-refractivity contribution in [1.29, 1.82) is 0 Å². The second-order valence-corrected chi connectivity index (χ2v) is 6.06. The smallest absolute Gasteiger partial charge is 0.323 e. The maximum absolute atomic E-state index is 11.0. The predicted molar refractivity (Wildman–Crippen MR) is 83.6 cm³/mol. The minimum absolute atomic E-state index is 0.0682. The summed E-state index contributed by atoms with van der Waals surface area (Å²) in [4.78, 5) is 11.0. The number of aliphatic hydroxyl groups is 1. The Hall–Kier alpha value is -1.79. The van der Waals surface area contributed by atoms with Crippen LogP contribution in [-0.4, -0.2) is 43.1 Å². The van der Waals surface area contributed by atoms with Gasteiger partial charge in [-0.2, -0.15) is 0 Å². The molecular weight excluding hydrogens is 286 g/mol. The largest absolute Gasteiger partial charge is 0.496 e. The molecule has 0 fully saturated rings. The van der Waals surface area contributed by atoms with E-state index < -0.39 is 18.6 Å². The van der Waals surface area contributed by atoms with Crippen molar-refractivity contribution in [3.8, 4) is 11.5 Å². The number of aliphatic carboxylic acids is 1. The lowest BCUT2D eigenvalue weighted by Crippen LogP contribution is -2.39. The molecule has 0 aliphatic carbocycles. The number of hydrogen-bond acceptors (Lipinski definition) is 5. The first-order chi connectivity index (χ1) is 10.2. The van der Waals surface area contributed by atoms with Crippen molar-refractivity contribution in [2.24, 2.45) is 0 Å². The quantitative estimate of drug-likeness (QED) is 0.708. The van der Waals surface area contributed by atoms with Crippen molar-refractivity contribution in [2.45, 2.75) is 38.8 Å². The van der Waals surface area contributed by atoms with Crippen LogP contribution in [0.15, 0.2) is 12.1 Å². The molecule has 0 unspecified atom stereocenters. The van der Waals surface area contributed by atoms with Crippen molar-refractivity contribution >= 4 is 5.97 Å². The molecule has 0 saturated heterocycles. The maximum atomic E-state index is 11.0. The lowest BCUT2D eigenvalue weighted by Gasteiger charge is -2.23. The van der Waals surface area contributed by atoms with E-state index in [1.54, 1.807) is 14.2 Å². The number of benzene rings is 1. The molecule has 0 heterocycles. The highest BCUT2D eigenvalue weighted by Gasteiger charge is 2.22. The molecule has 6 heteroatoms. The van der Waals surface area contributed by atoms with Gasteiger partial charge in [-0.3, -0.25) is 10.1 Å². The zero-order valence-electron chi connectivity index (χ0n) is 13.8. The second kappa shape index (κ2) is 7.47. The molecule has 1 aromatic rings. The molecule has 0 bridgehead atoms. The first kappa shape index (κ1) is 18.3. The van der Waals surface area contributed by atoms with Gasteiger partial charge < -0.3 is 19.7 Å². The van der Waals surface area contributed by atoms with E-state index in [9.17, 15) is 4.79 Å². The average Bonchev–Trinajstić information content (AvgIpc) is 2.45. The Morgan fingerprint density at radius 3 is 2.05 bits per heavy atom. The maximum Gasteiger partial charge on any atom is 0.323 e. The lowest BCUT2D eigenvalue weighted by atomic mass is 9.86. The van der Waals surface area contributed by atoms with Gasteiger partial charge >= 0.3 is 5.97 Å². The fourth-order valence-electron chi connectivity index (χ4n) is 2.05. The van der Waals surface area contributed by atoms with Gasteiger partial charge in [0, 0.05) is 12.1 Å². The molecule has 1 aromatic carbocycles. The van der Waals surface area contributed by atoms with Crippen LogP contribution in [0.4, 0.5) is 0 Å². The van der Waals surface area contributed by atoms with Gasteiger partial charge in [0.2, 0.25) is 0 Å². The zero-order chi connectivity index (χ0) is 16.9. The van der Waals surface area contributed by atoms with Gasteiger partial charge in [-0.25, -0.2) is 0 Å². The van der Waals surface area contributed by atoms with Gasteiger partial charge in [0.1, 0.15) is 17.5 Å². The van der Waals surface area contributed by atoms with Crippen LogP contribution in [0, 0.1) is 0 Å². The monoisotopic (exact) mass is 311 g/mol. The molecule has 0 aromatic heterocycles. The van der Waals surface area contributed by atoms with E-state index in [0.29, 0.717) is 11.5 Å². The molecule has 6 nitrogen and oxygen atoms in total. The van der Waals surface area contributed by atoms with Crippen molar-refractivity contribution in [3.05, 3.63) is 23.3 Å². The normalized spacial score (nSPS) is 12.8. The van der Waals surface area contributed by atoms with Crippen LogP contribution in [0.1, 0.15) is 31.9 Å². The summed E-state index contributed by atoms with van der Waals surface area (Å²) in [5, 5.41) is 20.8. The van der Waals surface area contributed by atoms with Crippen molar-refractivity contribution in [1.82, 2.24) is 5.32 Å². The van der Waals surface area contributed by atoms with Crippen LogP contribution in [-0.2, 0) is 16.8 Å². The summed E-state index contributed by atoms with van der Waals surface area (Å²) in [6.07, 6.45) is 0. The van der Waals surface area contributed by atoms with E-state index in [2.05, 4.69) is 26.1 Å². The Morgan fingerprint density at radius 2 is 1.73 bits per heavy atom. The number of rotatable bonds is 7. The summed E-state index contributed by atoms with van der Waals surface area (Å²) >= 11 is 0. The van der Waals surface area contributed by atoms with E-state index in [1.165, 1.54) is 0 Å². The molecule has 22 heavy (non-hydrogen) atoms. The van der Waals surface area contributed by atoms with Crippen molar-refractivity contribution in [3.63, 3.8) is 0 Å². The Kier molecular flexibility index (Phi) is 6.20. The number of ether oxygens (including phenoxy) is 2. The molecule has 0 spiro atoms. The van der Waals surface area contributed by atoms with Crippen LogP contribution in [0.3, 0.4) is 0 Å².